The molecule has 4 aromatic heterocycles. The van der Waals surface area contributed by atoms with Gasteiger partial charge < -0.3 is 14.8 Å². The minimum absolute atomic E-state index is 0.0976. The molecule has 0 aliphatic carbocycles. The lowest BCUT2D eigenvalue weighted by atomic mass is 10.1. The molecule has 40 heavy (non-hydrogen) atoms. The number of rotatable bonds is 7. The average molecular weight is 540 g/mol. The Bertz CT molecular complexity index is 1800. The smallest absolute Gasteiger partial charge is 0.354 e. The quantitative estimate of drug-likeness (QED) is 0.318. The number of pyridine rings is 2. The molecule has 202 valence electrons. The van der Waals surface area contributed by atoms with Gasteiger partial charge in [-0.25, -0.2) is 28.9 Å². The molecular weight excluding hydrogens is 514 g/mol. The zero-order valence-corrected chi connectivity index (χ0v) is 21.5. The highest BCUT2D eigenvalue weighted by atomic mass is 16.4. The van der Waals surface area contributed by atoms with Crippen LogP contribution in [0.5, 0.6) is 0 Å². The molecule has 12 heteroatoms. The largest absolute Gasteiger partial charge is 0.478 e. The predicted octanol–water partition coefficient (Wildman–Crippen LogP) is 2.83. The minimum atomic E-state index is -1.02. The van der Waals surface area contributed by atoms with Crippen molar-refractivity contribution in [2.24, 2.45) is 7.05 Å². The third kappa shape index (κ3) is 4.33. The first-order chi connectivity index (χ1) is 19.3. The van der Waals surface area contributed by atoms with Gasteiger partial charge in [-0.1, -0.05) is 12.1 Å². The second-order valence-electron chi connectivity index (χ2n) is 9.72. The van der Waals surface area contributed by atoms with Crippen molar-refractivity contribution >= 4 is 23.1 Å². The van der Waals surface area contributed by atoms with Crippen LogP contribution in [-0.2, 0) is 13.6 Å². The number of benzene rings is 1. The molecule has 0 amide bonds. The summed E-state index contributed by atoms with van der Waals surface area (Å²) in [6, 6.07) is 13.6. The summed E-state index contributed by atoms with van der Waals surface area (Å²) in [6.45, 7) is 1.81. The number of aromatic nitrogens is 6. The molecule has 2 N–H and O–H groups in total. The zero-order chi connectivity index (χ0) is 28.0. The van der Waals surface area contributed by atoms with Gasteiger partial charge in [0.2, 0.25) is 0 Å². The Morgan fingerprint density at radius 3 is 2.45 bits per heavy atom. The third-order valence-electron chi connectivity index (χ3n) is 7.35. The molecule has 1 saturated heterocycles. The van der Waals surface area contributed by atoms with Crippen molar-refractivity contribution in [3.8, 4) is 16.9 Å². The monoisotopic (exact) mass is 539 g/mol. The van der Waals surface area contributed by atoms with Crippen molar-refractivity contribution < 1.29 is 19.8 Å². The van der Waals surface area contributed by atoms with Crippen LogP contribution in [0, 0.1) is 0 Å². The highest BCUT2D eigenvalue weighted by Gasteiger charge is 2.29. The molecule has 0 spiro atoms. The molecule has 1 atom stereocenters. The standard InChI is InChI=1S/C28H25N7O5/c1-32-23(27(38)39)14-31-24(32)16-33-12-10-20(15-33)34-22-3-2-11-29-25(22)35(28(34)40)19-8-9-21(30-13-19)17-4-6-18(7-5-17)26(36)37/h2-9,11,13-14,20H,10,12,15-16H2,1H3,(H,36,37)(H,38,39)/t20-/m0/s1. The Morgan fingerprint density at radius 1 is 0.975 bits per heavy atom. The number of imidazole rings is 2. The molecule has 1 fully saturated rings. The minimum Gasteiger partial charge on any atom is -0.478 e. The second kappa shape index (κ2) is 9.89. The van der Waals surface area contributed by atoms with E-state index in [9.17, 15) is 19.5 Å². The van der Waals surface area contributed by atoms with Crippen LogP contribution < -0.4 is 5.69 Å². The fourth-order valence-corrected chi connectivity index (χ4v) is 5.27. The molecule has 12 nitrogen and oxygen atoms in total. The topological polar surface area (TPSA) is 148 Å². The molecule has 5 heterocycles. The lowest BCUT2D eigenvalue weighted by molar-refractivity contribution is 0.0679. The summed E-state index contributed by atoms with van der Waals surface area (Å²) in [5.41, 5.74) is 3.35. The van der Waals surface area contributed by atoms with E-state index in [1.165, 1.54) is 18.3 Å². The molecule has 1 aromatic carbocycles. The summed E-state index contributed by atoms with van der Waals surface area (Å²) in [6.07, 6.45) is 5.37. The number of hydrogen-bond acceptors (Lipinski definition) is 7. The first kappa shape index (κ1) is 25.2. The highest BCUT2D eigenvalue weighted by Crippen LogP contribution is 2.27. The molecule has 6 rings (SSSR count). The number of hydrogen-bond donors (Lipinski definition) is 2. The number of aromatic carboxylic acids is 2. The van der Waals surface area contributed by atoms with Gasteiger partial charge in [0.15, 0.2) is 5.65 Å². The van der Waals surface area contributed by atoms with Gasteiger partial charge in [-0.05, 0) is 42.8 Å². The second-order valence-corrected chi connectivity index (χ2v) is 9.72. The van der Waals surface area contributed by atoms with Crippen molar-refractivity contribution in [3.05, 3.63) is 94.7 Å². The van der Waals surface area contributed by atoms with E-state index in [0.29, 0.717) is 35.9 Å². The number of fused-ring (bicyclic) bond motifs is 1. The number of carboxylic acid groups (broad SMARTS) is 2. The Kier molecular flexibility index (Phi) is 6.23. The molecule has 0 bridgehead atoms. The van der Waals surface area contributed by atoms with Crippen LogP contribution in [0.2, 0.25) is 0 Å². The van der Waals surface area contributed by atoms with Gasteiger partial charge in [0, 0.05) is 31.9 Å². The maximum absolute atomic E-state index is 13.8. The van der Waals surface area contributed by atoms with E-state index >= 15 is 0 Å². The fraction of sp³-hybridized carbons (Fsp3) is 0.214. The predicted molar refractivity (Wildman–Crippen MR) is 145 cm³/mol. The van der Waals surface area contributed by atoms with E-state index in [1.54, 1.807) is 63.5 Å². The number of likely N-dealkylation sites (tertiary alicyclic amines) is 1. The molecule has 0 unspecified atom stereocenters. The van der Waals surface area contributed by atoms with E-state index in [4.69, 9.17) is 5.11 Å². The lowest BCUT2D eigenvalue weighted by Gasteiger charge is -2.16. The first-order valence-corrected chi connectivity index (χ1v) is 12.7. The van der Waals surface area contributed by atoms with Crippen LogP contribution in [0.25, 0.3) is 28.1 Å². The summed E-state index contributed by atoms with van der Waals surface area (Å²) in [5.74, 6) is -1.36. The molecule has 5 aromatic rings. The van der Waals surface area contributed by atoms with E-state index in [1.807, 2.05) is 6.07 Å². The third-order valence-corrected chi connectivity index (χ3v) is 7.35. The average Bonchev–Trinajstić information content (AvgIpc) is 3.64. The Balaban J connectivity index is 1.29. The van der Waals surface area contributed by atoms with Crippen molar-refractivity contribution in [1.82, 2.24) is 33.6 Å². The maximum atomic E-state index is 13.8. The lowest BCUT2D eigenvalue weighted by Crippen LogP contribution is -2.29. The van der Waals surface area contributed by atoms with Crippen LogP contribution in [0.3, 0.4) is 0 Å². The van der Waals surface area contributed by atoms with Crippen molar-refractivity contribution in [2.75, 3.05) is 13.1 Å². The summed E-state index contributed by atoms with van der Waals surface area (Å²) < 4.78 is 4.91. The van der Waals surface area contributed by atoms with E-state index in [0.717, 1.165) is 24.0 Å². The SMILES string of the molecule is Cn1c(C(=O)O)cnc1CN1CC[C@H](n2c(=O)n(-c3ccc(-c4ccc(C(=O)O)cc4)nc3)c3ncccc32)C1. The van der Waals surface area contributed by atoms with Gasteiger partial charge in [-0.15, -0.1) is 0 Å². The van der Waals surface area contributed by atoms with E-state index < -0.39 is 11.9 Å². The van der Waals surface area contributed by atoms with Gasteiger partial charge in [-0.2, -0.15) is 0 Å². The van der Waals surface area contributed by atoms with E-state index in [-0.39, 0.29) is 23.0 Å². The van der Waals surface area contributed by atoms with Crippen molar-refractivity contribution in [3.63, 3.8) is 0 Å². The zero-order valence-electron chi connectivity index (χ0n) is 21.5. The van der Waals surface area contributed by atoms with Crippen molar-refractivity contribution in [2.45, 2.75) is 19.0 Å². The van der Waals surface area contributed by atoms with Gasteiger partial charge in [0.1, 0.15) is 11.5 Å². The summed E-state index contributed by atoms with van der Waals surface area (Å²) in [7, 11) is 1.69. The summed E-state index contributed by atoms with van der Waals surface area (Å²) in [4.78, 5) is 51.8. The number of carboxylic acids is 2. The molecule has 0 radical (unpaired) electrons. The van der Waals surface area contributed by atoms with Gasteiger partial charge in [0.05, 0.1) is 47.4 Å². The fourth-order valence-electron chi connectivity index (χ4n) is 5.27. The Labute approximate surface area is 227 Å². The Morgan fingerprint density at radius 2 is 1.77 bits per heavy atom. The van der Waals surface area contributed by atoms with Gasteiger partial charge in [0.25, 0.3) is 0 Å². The number of nitrogens with zero attached hydrogens (tertiary/aromatic N) is 7. The summed E-state index contributed by atoms with van der Waals surface area (Å²) in [5, 5.41) is 18.4. The molecule has 1 aliphatic heterocycles. The number of carbonyl (C=O) groups is 2. The van der Waals surface area contributed by atoms with Gasteiger partial charge >= 0.3 is 17.6 Å². The van der Waals surface area contributed by atoms with Crippen LogP contribution in [0.1, 0.15) is 39.1 Å². The van der Waals surface area contributed by atoms with Gasteiger partial charge in [-0.3, -0.25) is 14.5 Å². The van der Waals surface area contributed by atoms with E-state index in [2.05, 4.69) is 19.9 Å². The van der Waals surface area contributed by atoms with Crippen LogP contribution >= 0.6 is 0 Å². The van der Waals surface area contributed by atoms with Crippen LogP contribution in [0.15, 0.2) is 71.9 Å². The Hall–Kier alpha value is -5.10. The normalized spacial score (nSPS) is 15.6. The maximum Gasteiger partial charge on any atom is 0.354 e. The summed E-state index contributed by atoms with van der Waals surface area (Å²) >= 11 is 0. The molecular formula is C28H25N7O5. The van der Waals surface area contributed by atoms with Crippen LogP contribution in [-0.4, -0.2) is 68.8 Å². The molecule has 1 aliphatic rings. The van der Waals surface area contributed by atoms with Crippen molar-refractivity contribution in [1.29, 1.82) is 0 Å². The first-order valence-electron chi connectivity index (χ1n) is 12.7. The highest BCUT2D eigenvalue weighted by molar-refractivity contribution is 5.88. The van der Waals surface area contributed by atoms with Crippen LogP contribution in [0.4, 0.5) is 0 Å². The molecule has 0 saturated carbocycles.